The molecule has 1 fully saturated rings. The lowest BCUT2D eigenvalue weighted by molar-refractivity contribution is 0.322. The molecule has 0 amide bonds. The van der Waals surface area contributed by atoms with Gasteiger partial charge in [-0.2, -0.15) is 0 Å². The minimum atomic E-state index is -0.244. The van der Waals surface area contributed by atoms with Crippen LogP contribution in [0.25, 0.3) is 0 Å². The maximum Gasteiger partial charge on any atom is 0.196 e. The van der Waals surface area contributed by atoms with Crippen molar-refractivity contribution in [3.8, 4) is 0 Å². The zero-order chi connectivity index (χ0) is 13.6. The summed E-state index contributed by atoms with van der Waals surface area (Å²) in [4.78, 5) is 8.71. The first kappa shape index (κ1) is 12.4. The average molecular weight is 262 g/mol. The third kappa shape index (κ3) is 1.89. The molecule has 0 bridgehead atoms. The first-order valence-electron chi connectivity index (χ1n) is 6.58. The average Bonchev–Trinajstić information content (AvgIpc) is 2.80. The Labute approximate surface area is 112 Å². The predicted octanol–water partition coefficient (Wildman–Crippen LogP) is 1.42. The van der Waals surface area contributed by atoms with E-state index in [-0.39, 0.29) is 11.4 Å². The molecule has 2 atom stereocenters. The van der Waals surface area contributed by atoms with Crippen LogP contribution in [-0.2, 0) is 0 Å². The van der Waals surface area contributed by atoms with Crippen molar-refractivity contribution in [3.63, 3.8) is 0 Å². The Balaban J connectivity index is 2.00. The highest BCUT2D eigenvalue weighted by molar-refractivity contribution is 5.98. The highest BCUT2D eigenvalue weighted by Crippen LogP contribution is 2.38. The van der Waals surface area contributed by atoms with Crippen molar-refractivity contribution in [2.24, 2.45) is 10.7 Å². The highest BCUT2D eigenvalue weighted by atomic mass is 19.1. The van der Waals surface area contributed by atoms with Gasteiger partial charge in [-0.05, 0) is 38.6 Å². The van der Waals surface area contributed by atoms with E-state index in [9.17, 15) is 4.39 Å². The Kier molecular flexibility index (Phi) is 2.74. The van der Waals surface area contributed by atoms with Crippen LogP contribution in [0.4, 0.5) is 10.1 Å². The molecule has 3 rings (SSSR count). The summed E-state index contributed by atoms with van der Waals surface area (Å²) in [6.45, 7) is 3.78. The summed E-state index contributed by atoms with van der Waals surface area (Å²) in [6.07, 6.45) is 0.990. The molecule has 4 nitrogen and oxygen atoms in total. The van der Waals surface area contributed by atoms with Crippen LogP contribution in [0.1, 0.15) is 13.3 Å². The van der Waals surface area contributed by atoms with E-state index in [1.807, 2.05) is 11.0 Å². The van der Waals surface area contributed by atoms with Crippen molar-refractivity contribution in [1.82, 2.24) is 4.90 Å². The summed E-state index contributed by atoms with van der Waals surface area (Å²) in [5, 5.41) is 0. The van der Waals surface area contributed by atoms with E-state index in [1.165, 1.54) is 12.1 Å². The number of anilines is 1. The molecule has 2 N–H and O–H groups in total. The smallest absolute Gasteiger partial charge is 0.196 e. The van der Waals surface area contributed by atoms with E-state index in [0.29, 0.717) is 18.5 Å². The van der Waals surface area contributed by atoms with Crippen molar-refractivity contribution in [1.29, 1.82) is 0 Å². The number of likely N-dealkylation sites (N-methyl/N-ethyl adjacent to an activating group) is 1. The van der Waals surface area contributed by atoms with Crippen LogP contribution in [0.2, 0.25) is 0 Å². The molecule has 1 aromatic carbocycles. The van der Waals surface area contributed by atoms with Crippen LogP contribution in [-0.4, -0.2) is 42.6 Å². The van der Waals surface area contributed by atoms with Crippen molar-refractivity contribution >= 4 is 11.6 Å². The van der Waals surface area contributed by atoms with Gasteiger partial charge in [0, 0.05) is 18.3 Å². The SMILES string of the molecule is CC1CC2(CN=C(N)N2c2cccc(F)c2)CN1C. The number of rotatable bonds is 1. The van der Waals surface area contributed by atoms with Gasteiger partial charge in [0.05, 0.1) is 12.1 Å². The van der Waals surface area contributed by atoms with Gasteiger partial charge >= 0.3 is 0 Å². The summed E-state index contributed by atoms with van der Waals surface area (Å²) in [6, 6.07) is 7.06. The summed E-state index contributed by atoms with van der Waals surface area (Å²) in [7, 11) is 2.11. The van der Waals surface area contributed by atoms with Crippen LogP contribution in [0.15, 0.2) is 29.3 Å². The van der Waals surface area contributed by atoms with Crippen LogP contribution < -0.4 is 10.6 Å². The van der Waals surface area contributed by atoms with Gasteiger partial charge in [-0.1, -0.05) is 6.07 Å². The van der Waals surface area contributed by atoms with Crippen molar-refractivity contribution in [2.45, 2.75) is 24.9 Å². The summed E-state index contributed by atoms with van der Waals surface area (Å²) < 4.78 is 13.5. The number of hydrogen-bond donors (Lipinski definition) is 1. The number of nitrogens with zero attached hydrogens (tertiary/aromatic N) is 3. The number of guanidine groups is 1. The van der Waals surface area contributed by atoms with E-state index in [2.05, 4.69) is 23.9 Å². The second kappa shape index (κ2) is 4.20. The van der Waals surface area contributed by atoms with Gasteiger partial charge in [-0.3, -0.25) is 4.99 Å². The Morgan fingerprint density at radius 2 is 2.26 bits per heavy atom. The number of aliphatic imine (C=N–C) groups is 1. The molecular weight excluding hydrogens is 243 g/mol. The van der Waals surface area contributed by atoms with Gasteiger partial charge in [-0.25, -0.2) is 4.39 Å². The molecule has 0 radical (unpaired) electrons. The minimum Gasteiger partial charge on any atom is -0.369 e. The maximum atomic E-state index is 13.5. The molecule has 0 saturated carbocycles. The fourth-order valence-corrected chi connectivity index (χ4v) is 3.30. The molecule has 1 spiro atoms. The van der Waals surface area contributed by atoms with E-state index >= 15 is 0 Å². The van der Waals surface area contributed by atoms with Crippen LogP contribution in [0.3, 0.4) is 0 Å². The van der Waals surface area contributed by atoms with Gasteiger partial charge in [-0.15, -0.1) is 0 Å². The van der Waals surface area contributed by atoms with Crippen LogP contribution in [0.5, 0.6) is 0 Å². The Bertz CT molecular complexity index is 518. The number of likely N-dealkylation sites (tertiary alicyclic amines) is 1. The van der Waals surface area contributed by atoms with Gasteiger partial charge in [0.1, 0.15) is 5.82 Å². The third-order valence-corrected chi connectivity index (χ3v) is 4.28. The number of hydrogen-bond acceptors (Lipinski definition) is 4. The maximum absolute atomic E-state index is 13.5. The quantitative estimate of drug-likeness (QED) is 0.832. The first-order chi connectivity index (χ1) is 9.02. The van der Waals surface area contributed by atoms with Crippen LogP contribution in [0, 0.1) is 5.82 Å². The Morgan fingerprint density at radius 3 is 2.89 bits per heavy atom. The van der Waals surface area contributed by atoms with Gasteiger partial charge in [0.15, 0.2) is 5.96 Å². The van der Waals surface area contributed by atoms with Gasteiger partial charge < -0.3 is 15.5 Å². The molecule has 5 heteroatoms. The zero-order valence-corrected chi connectivity index (χ0v) is 11.3. The Hall–Kier alpha value is -1.62. The summed E-state index contributed by atoms with van der Waals surface area (Å²) in [5.74, 6) is 0.250. The molecule has 19 heavy (non-hydrogen) atoms. The van der Waals surface area contributed by atoms with Gasteiger partial charge in [0.2, 0.25) is 0 Å². The number of benzene rings is 1. The van der Waals surface area contributed by atoms with Crippen LogP contribution >= 0.6 is 0 Å². The highest BCUT2D eigenvalue weighted by Gasteiger charge is 2.49. The normalized spacial score (nSPS) is 31.2. The second-order valence-corrected chi connectivity index (χ2v) is 5.68. The standard InChI is InChI=1S/C14H19FN4/c1-10-7-14(9-18(10)2)8-17-13(16)19(14)12-5-3-4-11(15)6-12/h3-6,10H,7-9H2,1-2H3,(H2,16,17). The largest absolute Gasteiger partial charge is 0.369 e. The summed E-state index contributed by atoms with van der Waals surface area (Å²) >= 11 is 0. The monoisotopic (exact) mass is 262 g/mol. The lowest BCUT2D eigenvalue weighted by Gasteiger charge is -2.35. The molecule has 2 aliphatic heterocycles. The molecular formula is C14H19FN4. The molecule has 0 aromatic heterocycles. The lowest BCUT2D eigenvalue weighted by Crippen LogP contribution is -2.53. The third-order valence-electron chi connectivity index (χ3n) is 4.28. The molecule has 2 heterocycles. The fourth-order valence-electron chi connectivity index (χ4n) is 3.30. The molecule has 2 unspecified atom stereocenters. The van der Waals surface area contributed by atoms with Gasteiger partial charge in [0.25, 0.3) is 0 Å². The van der Waals surface area contributed by atoms with Crippen molar-refractivity contribution in [3.05, 3.63) is 30.1 Å². The zero-order valence-electron chi connectivity index (χ0n) is 11.3. The number of halogens is 1. The Morgan fingerprint density at radius 1 is 1.47 bits per heavy atom. The van der Waals surface area contributed by atoms with E-state index in [4.69, 9.17) is 5.73 Å². The topological polar surface area (TPSA) is 44.9 Å². The second-order valence-electron chi connectivity index (χ2n) is 5.68. The number of nitrogens with two attached hydrogens (primary N) is 1. The van der Waals surface area contributed by atoms with E-state index in [0.717, 1.165) is 18.7 Å². The summed E-state index contributed by atoms with van der Waals surface area (Å²) in [5.41, 5.74) is 6.72. The van der Waals surface area contributed by atoms with Crippen molar-refractivity contribution in [2.75, 3.05) is 25.0 Å². The molecule has 1 saturated heterocycles. The van der Waals surface area contributed by atoms with E-state index < -0.39 is 0 Å². The predicted molar refractivity (Wildman–Crippen MR) is 74.8 cm³/mol. The molecule has 102 valence electrons. The van der Waals surface area contributed by atoms with Crippen molar-refractivity contribution < 1.29 is 4.39 Å². The fraction of sp³-hybridized carbons (Fsp3) is 0.500. The van der Waals surface area contributed by atoms with E-state index in [1.54, 1.807) is 6.07 Å². The molecule has 2 aliphatic rings. The molecule has 1 aromatic rings. The first-order valence-corrected chi connectivity index (χ1v) is 6.58. The minimum absolute atomic E-state index is 0.119. The molecule has 0 aliphatic carbocycles. The lowest BCUT2D eigenvalue weighted by atomic mass is 9.94.